The Morgan fingerprint density at radius 3 is 1.90 bits per heavy atom. The number of nitrogens with one attached hydrogen (secondary N) is 1. The summed E-state index contributed by atoms with van der Waals surface area (Å²) >= 11 is 0. The number of amidine groups is 1. The minimum atomic E-state index is -0.899. The molecule has 0 heterocycles. The molecule has 0 aromatic carbocycles. The summed E-state index contributed by atoms with van der Waals surface area (Å²) < 4.78 is 0. The van der Waals surface area contributed by atoms with Crippen LogP contribution in [0.15, 0.2) is 5.16 Å². The Morgan fingerprint density at radius 1 is 1.15 bits per heavy atom. The van der Waals surface area contributed by atoms with Crippen molar-refractivity contribution in [3.05, 3.63) is 0 Å². The van der Waals surface area contributed by atoms with Gasteiger partial charge in [0.15, 0.2) is 5.84 Å². The fraction of sp³-hybridized carbons (Fsp3) is 0.867. The number of rotatable bonds is 9. The van der Waals surface area contributed by atoms with Crippen LogP contribution in [-0.4, -0.2) is 22.5 Å². The van der Waals surface area contributed by atoms with Gasteiger partial charge in [0.25, 0.3) is 0 Å². The van der Waals surface area contributed by atoms with E-state index < -0.39 is 5.41 Å². The average molecular weight is 285 g/mol. The number of amides is 1. The van der Waals surface area contributed by atoms with E-state index >= 15 is 0 Å². The Hall–Kier alpha value is -1.26. The normalized spacial score (nSPS) is 13.3. The number of nitrogens with two attached hydrogens (primary N) is 1. The summed E-state index contributed by atoms with van der Waals surface area (Å²) in [7, 11) is 0. The molecule has 0 aromatic rings. The van der Waals surface area contributed by atoms with Crippen molar-refractivity contribution in [3.8, 4) is 0 Å². The van der Waals surface area contributed by atoms with Gasteiger partial charge in [-0.05, 0) is 32.6 Å². The molecular formula is C15H31N3O2. The van der Waals surface area contributed by atoms with Crippen molar-refractivity contribution in [2.75, 3.05) is 0 Å². The highest BCUT2D eigenvalue weighted by Gasteiger charge is 2.43. The van der Waals surface area contributed by atoms with E-state index in [9.17, 15) is 4.79 Å². The van der Waals surface area contributed by atoms with Crippen LogP contribution in [-0.2, 0) is 4.79 Å². The van der Waals surface area contributed by atoms with Crippen LogP contribution in [0.5, 0.6) is 0 Å². The van der Waals surface area contributed by atoms with E-state index in [2.05, 4.69) is 24.3 Å². The van der Waals surface area contributed by atoms with E-state index in [1.165, 1.54) is 0 Å². The van der Waals surface area contributed by atoms with Crippen LogP contribution in [0.1, 0.15) is 73.1 Å². The summed E-state index contributed by atoms with van der Waals surface area (Å²) in [6.45, 7) is 10.1. The highest BCUT2D eigenvalue weighted by Crippen LogP contribution is 2.32. The number of hydrogen-bond acceptors (Lipinski definition) is 3. The lowest BCUT2D eigenvalue weighted by Crippen LogP contribution is -2.56. The number of oxime groups is 1. The molecule has 118 valence electrons. The van der Waals surface area contributed by atoms with E-state index in [1.807, 2.05) is 20.8 Å². The van der Waals surface area contributed by atoms with Crippen LogP contribution in [0.25, 0.3) is 0 Å². The first-order valence-corrected chi connectivity index (χ1v) is 7.66. The molecule has 0 saturated heterocycles. The second-order valence-corrected chi connectivity index (χ2v) is 5.79. The molecule has 20 heavy (non-hydrogen) atoms. The third-order valence-corrected chi connectivity index (χ3v) is 4.36. The Balaban J connectivity index is 5.45. The molecule has 0 saturated carbocycles. The minimum absolute atomic E-state index is 0.0215. The summed E-state index contributed by atoms with van der Waals surface area (Å²) in [6, 6.07) is 0. The molecule has 0 bridgehead atoms. The van der Waals surface area contributed by atoms with Crippen molar-refractivity contribution in [2.24, 2.45) is 16.3 Å². The van der Waals surface area contributed by atoms with Crippen molar-refractivity contribution < 1.29 is 10.0 Å². The number of carbonyl (C=O) groups is 1. The first-order chi connectivity index (χ1) is 9.35. The van der Waals surface area contributed by atoms with Gasteiger partial charge < -0.3 is 16.3 Å². The summed E-state index contributed by atoms with van der Waals surface area (Å²) in [4.78, 5) is 12.8. The van der Waals surface area contributed by atoms with Gasteiger partial charge in [-0.25, -0.2) is 0 Å². The predicted molar refractivity (Wildman–Crippen MR) is 82.8 cm³/mol. The molecule has 0 aliphatic heterocycles. The lowest BCUT2D eigenvalue weighted by molar-refractivity contribution is -0.130. The number of hydrogen-bond donors (Lipinski definition) is 3. The largest absolute Gasteiger partial charge is 0.409 e. The standard InChI is InChI=1S/C15H31N3O2/c1-6-10-15(11-7-2,12(16)18-20)13(19)17-14(5,8-3)9-4/h20H,6-11H2,1-5H3,(H2,16,18)(H,17,19). The van der Waals surface area contributed by atoms with E-state index in [-0.39, 0.29) is 17.3 Å². The molecule has 5 heteroatoms. The lowest BCUT2D eigenvalue weighted by atomic mass is 9.76. The van der Waals surface area contributed by atoms with Crippen molar-refractivity contribution in [3.63, 3.8) is 0 Å². The third-order valence-electron chi connectivity index (χ3n) is 4.36. The van der Waals surface area contributed by atoms with Crippen molar-refractivity contribution in [1.29, 1.82) is 0 Å². The zero-order valence-corrected chi connectivity index (χ0v) is 13.6. The maximum atomic E-state index is 12.8. The fourth-order valence-corrected chi connectivity index (χ4v) is 2.49. The molecule has 4 N–H and O–H groups in total. The molecule has 0 unspecified atom stereocenters. The molecule has 0 rings (SSSR count). The maximum Gasteiger partial charge on any atom is 0.234 e. The van der Waals surface area contributed by atoms with E-state index in [0.717, 1.165) is 25.7 Å². The van der Waals surface area contributed by atoms with E-state index in [4.69, 9.17) is 10.9 Å². The predicted octanol–water partition coefficient (Wildman–Crippen LogP) is 3.01. The highest BCUT2D eigenvalue weighted by atomic mass is 16.4. The Labute approximate surface area is 123 Å². The van der Waals surface area contributed by atoms with Crippen LogP contribution in [0, 0.1) is 5.41 Å². The quantitative estimate of drug-likeness (QED) is 0.263. The van der Waals surface area contributed by atoms with Gasteiger partial charge in [0.05, 0.1) is 0 Å². The minimum Gasteiger partial charge on any atom is -0.409 e. The molecule has 5 nitrogen and oxygen atoms in total. The van der Waals surface area contributed by atoms with Gasteiger partial charge in [-0.15, -0.1) is 0 Å². The first-order valence-electron chi connectivity index (χ1n) is 7.66. The molecule has 0 spiro atoms. The topological polar surface area (TPSA) is 87.7 Å². The number of carbonyl (C=O) groups excluding carboxylic acids is 1. The molecule has 1 amide bonds. The lowest BCUT2D eigenvalue weighted by Gasteiger charge is -2.36. The smallest absolute Gasteiger partial charge is 0.234 e. The van der Waals surface area contributed by atoms with Gasteiger partial charge in [-0.2, -0.15) is 0 Å². The summed E-state index contributed by atoms with van der Waals surface area (Å²) in [5.41, 5.74) is 4.72. The molecule has 0 aromatic heterocycles. The van der Waals surface area contributed by atoms with Crippen molar-refractivity contribution >= 4 is 11.7 Å². The van der Waals surface area contributed by atoms with Gasteiger partial charge in [0.2, 0.25) is 5.91 Å². The van der Waals surface area contributed by atoms with Crippen molar-refractivity contribution in [1.82, 2.24) is 5.32 Å². The monoisotopic (exact) mass is 285 g/mol. The fourth-order valence-electron chi connectivity index (χ4n) is 2.49. The second kappa shape index (κ2) is 8.12. The molecule has 0 radical (unpaired) electrons. The van der Waals surface area contributed by atoms with Crippen LogP contribution < -0.4 is 11.1 Å². The Morgan fingerprint density at radius 2 is 1.60 bits per heavy atom. The molecule has 0 atom stereocenters. The molecule has 0 fully saturated rings. The molecular weight excluding hydrogens is 254 g/mol. The number of nitrogens with zero attached hydrogens (tertiary/aromatic N) is 1. The second-order valence-electron chi connectivity index (χ2n) is 5.79. The Bertz CT molecular complexity index is 330. The van der Waals surface area contributed by atoms with E-state index in [1.54, 1.807) is 0 Å². The van der Waals surface area contributed by atoms with Gasteiger partial charge >= 0.3 is 0 Å². The van der Waals surface area contributed by atoms with Crippen LogP contribution >= 0.6 is 0 Å². The zero-order valence-electron chi connectivity index (χ0n) is 13.6. The average Bonchev–Trinajstić information content (AvgIpc) is 2.45. The summed E-state index contributed by atoms with van der Waals surface area (Å²) in [5, 5.41) is 15.3. The Kier molecular flexibility index (Phi) is 7.61. The zero-order chi connectivity index (χ0) is 15.8. The first kappa shape index (κ1) is 18.7. The van der Waals surface area contributed by atoms with Gasteiger partial charge in [0, 0.05) is 5.54 Å². The van der Waals surface area contributed by atoms with Crippen molar-refractivity contribution in [2.45, 2.75) is 78.7 Å². The summed E-state index contributed by atoms with van der Waals surface area (Å²) in [5.74, 6) is -0.101. The van der Waals surface area contributed by atoms with Gasteiger partial charge in [0.1, 0.15) is 5.41 Å². The van der Waals surface area contributed by atoms with E-state index in [0.29, 0.717) is 12.8 Å². The maximum absolute atomic E-state index is 12.8. The molecule has 0 aliphatic carbocycles. The van der Waals surface area contributed by atoms with Crippen LogP contribution in [0.2, 0.25) is 0 Å². The SMILES string of the molecule is CCCC(CCC)(C(=O)NC(C)(CC)CC)C(N)=NO. The van der Waals surface area contributed by atoms with Gasteiger partial charge in [-0.1, -0.05) is 45.7 Å². The third kappa shape index (κ3) is 4.12. The van der Waals surface area contributed by atoms with Crippen LogP contribution in [0.4, 0.5) is 0 Å². The highest BCUT2D eigenvalue weighted by molar-refractivity contribution is 6.06. The summed E-state index contributed by atoms with van der Waals surface area (Å²) in [6.07, 6.45) is 4.48. The van der Waals surface area contributed by atoms with Gasteiger partial charge in [-0.3, -0.25) is 4.79 Å². The molecule has 0 aliphatic rings. The van der Waals surface area contributed by atoms with Crippen LogP contribution in [0.3, 0.4) is 0 Å².